The first-order valence-electron chi connectivity index (χ1n) is 6.90. The molecule has 18 heavy (non-hydrogen) atoms. The smallest absolute Gasteiger partial charge is 0.0408 e. The van der Waals surface area contributed by atoms with Crippen LogP contribution in [0.3, 0.4) is 0 Å². The molecule has 3 heteroatoms. The molecule has 0 spiro atoms. The Labute approximate surface area is 115 Å². The van der Waals surface area contributed by atoms with E-state index in [1.807, 2.05) is 12.1 Å². The van der Waals surface area contributed by atoms with Crippen LogP contribution in [0.4, 0.5) is 0 Å². The van der Waals surface area contributed by atoms with Crippen LogP contribution < -0.4 is 5.32 Å². The molecule has 1 saturated heterocycles. The lowest BCUT2D eigenvalue weighted by Crippen LogP contribution is -2.37. The summed E-state index contributed by atoms with van der Waals surface area (Å²) in [5, 5.41) is 4.41. The zero-order chi connectivity index (χ0) is 13.0. The van der Waals surface area contributed by atoms with Gasteiger partial charge in [-0.05, 0) is 56.1 Å². The number of likely N-dealkylation sites (N-methyl/N-ethyl adjacent to an activating group) is 1. The van der Waals surface area contributed by atoms with Crippen molar-refractivity contribution in [1.29, 1.82) is 0 Å². The Hall–Kier alpha value is -0.570. The Morgan fingerprint density at radius 2 is 2.28 bits per heavy atom. The van der Waals surface area contributed by atoms with Crippen molar-refractivity contribution in [2.75, 3.05) is 19.6 Å². The highest BCUT2D eigenvalue weighted by Crippen LogP contribution is 2.17. The lowest BCUT2D eigenvalue weighted by atomic mass is 10.1. The van der Waals surface area contributed by atoms with E-state index < -0.39 is 0 Å². The van der Waals surface area contributed by atoms with Crippen molar-refractivity contribution in [2.24, 2.45) is 0 Å². The van der Waals surface area contributed by atoms with Crippen LogP contribution in [0.15, 0.2) is 18.2 Å². The van der Waals surface area contributed by atoms with Gasteiger partial charge in [-0.2, -0.15) is 0 Å². The van der Waals surface area contributed by atoms with Crippen LogP contribution in [0.2, 0.25) is 5.02 Å². The fraction of sp³-hybridized carbons (Fsp3) is 0.600. The first-order valence-corrected chi connectivity index (χ1v) is 7.28. The third-order valence-electron chi connectivity index (χ3n) is 3.91. The monoisotopic (exact) mass is 266 g/mol. The van der Waals surface area contributed by atoms with Crippen LogP contribution in [-0.4, -0.2) is 30.6 Å². The second-order valence-corrected chi connectivity index (χ2v) is 5.56. The van der Waals surface area contributed by atoms with Gasteiger partial charge in [0.05, 0.1) is 0 Å². The molecular weight excluding hydrogens is 244 g/mol. The third-order valence-corrected chi connectivity index (χ3v) is 4.14. The standard InChI is InChI=1S/C15H23ClN2/c1-3-18-8-4-5-15(18)11-17-10-13-6-7-14(16)9-12(13)2/h6-7,9,15,17H,3-5,8,10-11H2,1-2H3. The number of likely N-dealkylation sites (tertiary alicyclic amines) is 1. The molecule has 1 aromatic carbocycles. The molecule has 1 aliphatic rings. The van der Waals surface area contributed by atoms with Crippen LogP contribution in [0.1, 0.15) is 30.9 Å². The molecule has 1 aromatic rings. The number of hydrogen-bond donors (Lipinski definition) is 1. The van der Waals surface area contributed by atoms with Crippen LogP contribution in [-0.2, 0) is 6.54 Å². The molecule has 0 radical (unpaired) electrons. The average Bonchev–Trinajstić information content (AvgIpc) is 2.79. The van der Waals surface area contributed by atoms with Gasteiger partial charge in [0, 0.05) is 24.2 Å². The second-order valence-electron chi connectivity index (χ2n) is 5.13. The van der Waals surface area contributed by atoms with E-state index in [-0.39, 0.29) is 0 Å². The highest BCUT2D eigenvalue weighted by Gasteiger charge is 2.21. The van der Waals surface area contributed by atoms with Crippen molar-refractivity contribution in [2.45, 2.75) is 39.3 Å². The highest BCUT2D eigenvalue weighted by atomic mass is 35.5. The molecule has 1 atom stereocenters. The first-order chi connectivity index (χ1) is 8.70. The molecular formula is C15H23ClN2. The number of benzene rings is 1. The average molecular weight is 267 g/mol. The number of halogens is 1. The summed E-state index contributed by atoms with van der Waals surface area (Å²) in [5.74, 6) is 0. The van der Waals surface area contributed by atoms with Crippen molar-refractivity contribution in [3.63, 3.8) is 0 Å². The van der Waals surface area contributed by atoms with Crippen LogP contribution in [0, 0.1) is 6.92 Å². The summed E-state index contributed by atoms with van der Waals surface area (Å²) in [5.41, 5.74) is 2.62. The lowest BCUT2D eigenvalue weighted by molar-refractivity contribution is 0.260. The topological polar surface area (TPSA) is 15.3 Å². The van der Waals surface area contributed by atoms with E-state index in [1.54, 1.807) is 0 Å². The maximum atomic E-state index is 5.97. The van der Waals surface area contributed by atoms with Crippen molar-refractivity contribution >= 4 is 11.6 Å². The fourth-order valence-electron chi connectivity index (χ4n) is 2.77. The summed E-state index contributed by atoms with van der Waals surface area (Å²) in [4.78, 5) is 2.57. The number of hydrogen-bond acceptors (Lipinski definition) is 2. The van der Waals surface area contributed by atoms with Gasteiger partial charge >= 0.3 is 0 Å². The SMILES string of the molecule is CCN1CCCC1CNCc1ccc(Cl)cc1C. The number of nitrogens with one attached hydrogen (secondary N) is 1. The first kappa shape index (κ1) is 13.9. The molecule has 1 fully saturated rings. The van der Waals surface area contributed by atoms with E-state index in [0.29, 0.717) is 0 Å². The molecule has 0 aromatic heterocycles. The Bertz CT molecular complexity index is 392. The normalized spacial score (nSPS) is 20.5. The van der Waals surface area contributed by atoms with Gasteiger partial charge in [0.25, 0.3) is 0 Å². The highest BCUT2D eigenvalue weighted by molar-refractivity contribution is 6.30. The van der Waals surface area contributed by atoms with E-state index in [0.717, 1.165) is 24.2 Å². The minimum Gasteiger partial charge on any atom is -0.311 e. The van der Waals surface area contributed by atoms with Gasteiger partial charge in [-0.25, -0.2) is 0 Å². The molecule has 1 N–H and O–H groups in total. The van der Waals surface area contributed by atoms with Crippen LogP contribution in [0.5, 0.6) is 0 Å². The van der Waals surface area contributed by atoms with Crippen molar-refractivity contribution in [1.82, 2.24) is 10.2 Å². The quantitative estimate of drug-likeness (QED) is 0.880. The van der Waals surface area contributed by atoms with Gasteiger partial charge in [0.2, 0.25) is 0 Å². The fourth-order valence-corrected chi connectivity index (χ4v) is 3.00. The van der Waals surface area contributed by atoms with Gasteiger partial charge in [0.1, 0.15) is 0 Å². The van der Waals surface area contributed by atoms with Gasteiger partial charge in [0.15, 0.2) is 0 Å². The molecule has 0 bridgehead atoms. The van der Waals surface area contributed by atoms with Crippen LogP contribution in [0.25, 0.3) is 0 Å². The predicted molar refractivity (Wildman–Crippen MR) is 78.2 cm³/mol. The maximum absolute atomic E-state index is 5.97. The van der Waals surface area contributed by atoms with Crippen LogP contribution >= 0.6 is 11.6 Å². The lowest BCUT2D eigenvalue weighted by Gasteiger charge is -2.23. The molecule has 1 heterocycles. The van der Waals surface area contributed by atoms with E-state index in [1.165, 1.54) is 37.1 Å². The predicted octanol–water partition coefficient (Wildman–Crippen LogP) is 3.22. The zero-order valence-corrected chi connectivity index (χ0v) is 12.1. The van der Waals surface area contributed by atoms with E-state index in [9.17, 15) is 0 Å². The van der Waals surface area contributed by atoms with Crippen molar-refractivity contribution in [3.8, 4) is 0 Å². The second kappa shape index (κ2) is 6.55. The Morgan fingerprint density at radius 1 is 1.44 bits per heavy atom. The summed E-state index contributed by atoms with van der Waals surface area (Å²) in [7, 11) is 0. The van der Waals surface area contributed by atoms with E-state index in [4.69, 9.17) is 11.6 Å². The maximum Gasteiger partial charge on any atom is 0.0408 e. The molecule has 100 valence electrons. The molecule has 0 amide bonds. The molecule has 0 saturated carbocycles. The van der Waals surface area contributed by atoms with Gasteiger partial charge < -0.3 is 5.32 Å². The van der Waals surface area contributed by atoms with Crippen molar-refractivity contribution < 1.29 is 0 Å². The largest absolute Gasteiger partial charge is 0.311 e. The molecule has 1 aliphatic heterocycles. The Balaban J connectivity index is 1.81. The van der Waals surface area contributed by atoms with E-state index in [2.05, 4.69) is 30.1 Å². The van der Waals surface area contributed by atoms with Gasteiger partial charge in [-0.3, -0.25) is 4.90 Å². The molecule has 1 unspecified atom stereocenters. The summed E-state index contributed by atoms with van der Waals surface area (Å²) in [6, 6.07) is 6.85. The summed E-state index contributed by atoms with van der Waals surface area (Å²) in [6.07, 6.45) is 2.68. The summed E-state index contributed by atoms with van der Waals surface area (Å²) >= 11 is 5.97. The summed E-state index contributed by atoms with van der Waals surface area (Å²) < 4.78 is 0. The molecule has 0 aliphatic carbocycles. The van der Waals surface area contributed by atoms with E-state index >= 15 is 0 Å². The molecule has 2 nitrogen and oxygen atoms in total. The Morgan fingerprint density at radius 3 is 3.00 bits per heavy atom. The zero-order valence-electron chi connectivity index (χ0n) is 11.4. The van der Waals surface area contributed by atoms with Gasteiger partial charge in [-0.1, -0.05) is 24.6 Å². The number of rotatable bonds is 5. The third kappa shape index (κ3) is 3.47. The van der Waals surface area contributed by atoms with Crippen molar-refractivity contribution in [3.05, 3.63) is 34.3 Å². The minimum atomic E-state index is 0.725. The number of nitrogens with zero attached hydrogens (tertiary/aromatic N) is 1. The number of aryl methyl sites for hydroxylation is 1. The molecule has 2 rings (SSSR count). The Kier molecular flexibility index (Phi) is 5.04. The summed E-state index contributed by atoms with van der Waals surface area (Å²) in [6.45, 7) is 8.85. The minimum absolute atomic E-state index is 0.725. The van der Waals surface area contributed by atoms with Gasteiger partial charge in [-0.15, -0.1) is 0 Å².